The van der Waals surface area contributed by atoms with E-state index in [-0.39, 0.29) is 33.6 Å². The van der Waals surface area contributed by atoms with E-state index in [1.165, 1.54) is 23.3 Å². The van der Waals surface area contributed by atoms with Crippen LogP contribution in [0.2, 0.25) is 10.0 Å². The molecule has 1 aliphatic carbocycles. The number of methoxy groups -OCH3 is 2. The number of nitro groups is 1. The lowest BCUT2D eigenvalue weighted by molar-refractivity contribution is -0.385. The van der Waals surface area contributed by atoms with Crippen LogP contribution in [-0.4, -0.2) is 56.1 Å². The summed E-state index contributed by atoms with van der Waals surface area (Å²) >= 11 is 11.8. The van der Waals surface area contributed by atoms with Gasteiger partial charge in [0.1, 0.15) is 0 Å². The van der Waals surface area contributed by atoms with Gasteiger partial charge in [-0.05, 0) is 68.6 Å². The number of amides is 1. The van der Waals surface area contributed by atoms with E-state index in [0.717, 1.165) is 43.7 Å². The number of halogens is 2. The van der Waals surface area contributed by atoms with Gasteiger partial charge >= 0.3 is 0 Å². The lowest BCUT2D eigenvalue weighted by Crippen LogP contribution is -2.38. The SMILES string of the molecule is COc1cc2c(cc1OC)CC(N(C)CCCNC(=O)Cc1cc(Cl)c(Cl)cc1[N+](=O)[O-])CC2. The zero-order valence-electron chi connectivity index (χ0n) is 19.5. The van der Waals surface area contributed by atoms with Crippen molar-refractivity contribution in [2.75, 3.05) is 34.4 Å². The second-order valence-corrected chi connectivity index (χ2v) is 9.20. The maximum Gasteiger partial charge on any atom is 0.274 e. The summed E-state index contributed by atoms with van der Waals surface area (Å²) in [6.07, 6.45) is 3.59. The summed E-state index contributed by atoms with van der Waals surface area (Å²) in [6.45, 7) is 1.30. The van der Waals surface area contributed by atoms with Gasteiger partial charge in [0.15, 0.2) is 11.5 Å². The highest BCUT2D eigenvalue weighted by Gasteiger charge is 2.24. The average Bonchev–Trinajstić information content (AvgIpc) is 2.82. The van der Waals surface area contributed by atoms with Crippen LogP contribution in [0.3, 0.4) is 0 Å². The Hall–Kier alpha value is -2.55. The number of benzene rings is 2. The van der Waals surface area contributed by atoms with Crippen LogP contribution in [0.5, 0.6) is 11.5 Å². The summed E-state index contributed by atoms with van der Waals surface area (Å²) in [4.78, 5) is 25.3. The molecule has 0 bridgehead atoms. The molecule has 1 unspecified atom stereocenters. The largest absolute Gasteiger partial charge is 0.493 e. The Morgan fingerprint density at radius 1 is 1.15 bits per heavy atom. The molecule has 0 aromatic heterocycles. The third kappa shape index (κ3) is 6.31. The predicted octanol–water partition coefficient (Wildman–Crippen LogP) is 4.46. The number of carbonyl (C=O) groups excluding carboxylic acids is 1. The fourth-order valence-electron chi connectivity index (χ4n) is 4.30. The Morgan fingerprint density at radius 3 is 2.44 bits per heavy atom. The molecule has 0 aliphatic heterocycles. The van der Waals surface area contributed by atoms with Crippen LogP contribution in [0.15, 0.2) is 24.3 Å². The van der Waals surface area contributed by atoms with Crippen molar-refractivity contribution in [2.45, 2.75) is 38.1 Å². The maximum atomic E-state index is 12.3. The molecule has 2 aromatic rings. The van der Waals surface area contributed by atoms with Gasteiger partial charge < -0.3 is 19.7 Å². The highest BCUT2D eigenvalue weighted by molar-refractivity contribution is 6.42. The fraction of sp³-hybridized carbons (Fsp3) is 0.458. The predicted molar refractivity (Wildman–Crippen MR) is 132 cm³/mol. The monoisotopic (exact) mass is 509 g/mol. The summed E-state index contributed by atoms with van der Waals surface area (Å²) in [5.74, 6) is 1.21. The molecule has 0 heterocycles. The van der Waals surface area contributed by atoms with Crippen molar-refractivity contribution in [1.82, 2.24) is 10.2 Å². The molecule has 0 radical (unpaired) electrons. The van der Waals surface area contributed by atoms with Crippen molar-refractivity contribution in [3.05, 3.63) is 61.1 Å². The van der Waals surface area contributed by atoms with Crippen LogP contribution >= 0.6 is 23.2 Å². The van der Waals surface area contributed by atoms with E-state index < -0.39 is 4.92 Å². The Kier molecular flexibility index (Phi) is 8.99. The second-order valence-electron chi connectivity index (χ2n) is 8.39. The first-order valence-electron chi connectivity index (χ1n) is 11.1. The summed E-state index contributed by atoms with van der Waals surface area (Å²) < 4.78 is 10.9. The van der Waals surface area contributed by atoms with Crippen LogP contribution in [-0.2, 0) is 24.1 Å². The molecular formula is C24H29Cl2N3O5. The Balaban J connectivity index is 1.48. The molecule has 0 saturated carbocycles. The van der Waals surface area contributed by atoms with E-state index >= 15 is 0 Å². The molecule has 0 spiro atoms. The first kappa shape index (κ1) is 26.1. The van der Waals surface area contributed by atoms with Crippen LogP contribution in [0, 0.1) is 10.1 Å². The van der Waals surface area contributed by atoms with Crippen molar-refractivity contribution < 1.29 is 19.2 Å². The lowest BCUT2D eigenvalue weighted by atomic mass is 9.87. The number of nitrogens with zero attached hydrogens (tertiary/aromatic N) is 2. The topological polar surface area (TPSA) is 93.9 Å². The molecule has 1 atom stereocenters. The van der Waals surface area contributed by atoms with Crippen molar-refractivity contribution in [1.29, 1.82) is 0 Å². The zero-order chi connectivity index (χ0) is 24.8. The molecule has 1 aliphatic rings. The molecule has 34 heavy (non-hydrogen) atoms. The first-order chi connectivity index (χ1) is 16.2. The van der Waals surface area contributed by atoms with E-state index in [2.05, 4.69) is 29.4 Å². The number of fused-ring (bicyclic) bond motifs is 1. The normalized spacial score (nSPS) is 15.1. The average molecular weight is 510 g/mol. The maximum absolute atomic E-state index is 12.3. The fourth-order valence-corrected chi connectivity index (χ4v) is 4.65. The standard InChI is InChI=1S/C24H29Cl2N3O5/c1-28(18-6-5-15-11-22(33-2)23(34-3)12-16(15)9-18)8-4-7-27-24(30)13-17-10-19(25)20(26)14-21(17)29(31)32/h10-12,14,18H,4-9,13H2,1-3H3,(H,27,30). The van der Waals surface area contributed by atoms with Gasteiger partial charge in [0.2, 0.25) is 5.91 Å². The summed E-state index contributed by atoms with van der Waals surface area (Å²) in [5, 5.41) is 14.4. The van der Waals surface area contributed by atoms with Crippen molar-refractivity contribution in [3.8, 4) is 11.5 Å². The number of hydrogen-bond acceptors (Lipinski definition) is 6. The Labute approximate surface area is 209 Å². The minimum Gasteiger partial charge on any atom is -0.493 e. The highest BCUT2D eigenvalue weighted by Crippen LogP contribution is 2.35. The van der Waals surface area contributed by atoms with Crippen LogP contribution in [0.1, 0.15) is 29.5 Å². The minimum atomic E-state index is -0.562. The quantitative estimate of drug-likeness (QED) is 0.288. The van der Waals surface area contributed by atoms with Crippen LogP contribution in [0.4, 0.5) is 5.69 Å². The van der Waals surface area contributed by atoms with E-state index in [1.807, 2.05) is 0 Å². The lowest BCUT2D eigenvalue weighted by Gasteiger charge is -2.33. The van der Waals surface area contributed by atoms with Gasteiger partial charge in [-0.1, -0.05) is 23.2 Å². The van der Waals surface area contributed by atoms with E-state index in [1.54, 1.807) is 14.2 Å². The van der Waals surface area contributed by atoms with Crippen molar-refractivity contribution >= 4 is 34.8 Å². The van der Waals surface area contributed by atoms with Crippen LogP contribution < -0.4 is 14.8 Å². The van der Waals surface area contributed by atoms with Gasteiger partial charge in [0.05, 0.1) is 35.6 Å². The molecule has 10 heteroatoms. The van der Waals surface area contributed by atoms with Crippen LogP contribution in [0.25, 0.3) is 0 Å². The molecule has 0 fully saturated rings. The van der Waals surface area contributed by atoms with Crippen molar-refractivity contribution in [2.24, 2.45) is 0 Å². The summed E-state index contributed by atoms with van der Waals surface area (Å²) in [6, 6.07) is 7.09. The number of hydrogen-bond donors (Lipinski definition) is 1. The number of nitrogens with one attached hydrogen (secondary N) is 1. The third-order valence-electron chi connectivity index (χ3n) is 6.21. The molecule has 3 rings (SSSR count). The molecule has 0 saturated heterocycles. The molecule has 184 valence electrons. The zero-order valence-corrected chi connectivity index (χ0v) is 21.0. The van der Waals surface area contributed by atoms with Gasteiger partial charge in [-0.15, -0.1) is 0 Å². The number of likely N-dealkylation sites (N-methyl/N-ethyl adjacent to an activating group) is 1. The Bertz CT molecular complexity index is 1060. The molecule has 1 N–H and O–H groups in total. The minimum absolute atomic E-state index is 0.0866. The second kappa shape index (κ2) is 11.7. The smallest absolute Gasteiger partial charge is 0.274 e. The number of aryl methyl sites for hydroxylation is 1. The number of carbonyl (C=O) groups is 1. The van der Waals surface area contributed by atoms with Gasteiger partial charge in [-0.3, -0.25) is 14.9 Å². The van der Waals surface area contributed by atoms with E-state index in [4.69, 9.17) is 32.7 Å². The van der Waals surface area contributed by atoms with Gasteiger partial charge in [0, 0.05) is 24.2 Å². The molecule has 2 aromatic carbocycles. The van der Waals surface area contributed by atoms with Gasteiger partial charge in [0.25, 0.3) is 5.69 Å². The van der Waals surface area contributed by atoms with E-state index in [0.29, 0.717) is 12.6 Å². The number of nitro benzene ring substituents is 1. The summed E-state index contributed by atoms with van der Waals surface area (Å²) in [7, 11) is 5.39. The first-order valence-corrected chi connectivity index (χ1v) is 11.8. The summed E-state index contributed by atoms with van der Waals surface area (Å²) in [5.41, 5.74) is 2.60. The van der Waals surface area contributed by atoms with Gasteiger partial charge in [-0.2, -0.15) is 0 Å². The van der Waals surface area contributed by atoms with Gasteiger partial charge in [-0.25, -0.2) is 0 Å². The highest BCUT2D eigenvalue weighted by atomic mass is 35.5. The Morgan fingerprint density at radius 2 is 1.79 bits per heavy atom. The molecular weight excluding hydrogens is 481 g/mol. The number of ether oxygens (including phenoxy) is 2. The third-order valence-corrected chi connectivity index (χ3v) is 6.93. The number of rotatable bonds is 10. The van der Waals surface area contributed by atoms with Crippen molar-refractivity contribution in [3.63, 3.8) is 0 Å². The molecule has 8 nitrogen and oxygen atoms in total. The molecule has 1 amide bonds. The van der Waals surface area contributed by atoms with E-state index in [9.17, 15) is 14.9 Å².